The number of rotatable bonds is 2. The second kappa shape index (κ2) is 4.14. The summed E-state index contributed by atoms with van der Waals surface area (Å²) in [5, 5.41) is 0. The number of methoxy groups -OCH3 is 1. The molecule has 3 rings (SSSR count). The molecule has 0 aromatic heterocycles. The molecule has 94 valence electrons. The highest BCUT2D eigenvalue weighted by Gasteiger charge is 2.42. The molecule has 0 saturated carbocycles. The number of ether oxygens (including phenoxy) is 2. The molecule has 0 bridgehead atoms. The molecule has 0 radical (unpaired) electrons. The zero-order valence-electron chi connectivity index (χ0n) is 10.4. The van der Waals surface area contributed by atoms with Gasteiger partial charge in [-0.25, -0.2) is 0 Å². The Labute approximate surface area is 106 Å². The lowest BCUT2D eigenvalue weighted by molar-refractivity contribution is -0.130. The van der Waals surface area contributed by atoms with Crippen LogP contribution in [0.2, 0.25) is 0 Å². The van der Waals surface area contributed by atoms with E-state index >= 15 is 0 Å². The maximum absolute atomic E-state index is 11.9. The molecule has 0 unspecified atom stereocenters. The SMILES string of the molecule is COc1ccc([C@H]2OC[C@@H]3C(C)=CC(=O)N32)cc1. The molecular weight excluding hydrogens is 230 g/mol. The summed E-state index contributed by atoms with van der Waals surface area (Å²) in [7, 11) is 1.63. The largest absolute Gasteiger partial charge is 0.497 e. The van der Waals surface area contributed by atoms with Crippen LogP contribution in [0.5, 0.6) is 5.75 Å². The molecule has 2 heterocycles. The Bertz CT molecular complexity index is 506. The second-order valence-corrected chi connectivity index (χ2v) is 4.61. The lowest BCUT2D eigenvalue weighted by Gasteiger charge is -2.23. The van der Waals surface area contributed by atoms with Gasteiger partial charge < -0.3 is 14.4 Å². The van der Waals surface area contributed by atoms with E-state index in [9.17, 15) is 4.79 Å². The van der Waals surface area contributed by atoms with Crippen molar-refractivity contribution in [2.75, 3.05) is 13.7 Å². The molecule has 2 aliphatic heterocycles. The fourth-order valence-corrected chi connectivity index (χ4v) is 2.52. The van der Waals surface area contributed by atoms with Gasteiger partial charge in [0.05, 0.1) is 19.8 Å². The third-order valence-electron chi connectivity index (χ3n) is 3.53. The third-order valence-corrected chi connectivity index (χ3v) is 3.53. The van der Waals surface area contributed by atoms with Gasteiger partial charge in [-0.05, 0) is 24.6 Å². The molecule has 18 heavy (non-hydrogen) atoms. The predicted molar refractivity (Wildman–Crippen MR) is 66.1 cm³/mol. The van der Waals surface area contributed by atoms with Crippen LogP contribution in [0, 0.1) is 0 Å². The molecule has 1 aromatic carbocycles. The monoisotopic (exact) mass is 245 g/mol. The summed E-state index contributed by atoms with van der Waals surface area (Å²) in [6.45, 7) is 2.55. The molecule has 4 nitrogen and oxygen atoms in total. The van der Waals surface area contributed by atoms with Gasteiger partial charge in [-0.15, -0.1) is 0 Å². The van der Waals surface area contributed by atoms with Crippen molar-refractivity contribution in [1.82, 2.24) is 4.90 Å². The van der Waals surface area contributed by atoms with Gasteiger partial charge in [-0.1, -0.05) is 12.1 Å². The van der Waals surface area contributed by atoms with Crippen molar-refractivity contribution in [3.05, 3.63) is 41.5 Å². The van der Waals surface area contributed by atoms with E-state index < -0.39 is 0 Å². The molecule has 1 amide bonds. The van der Waals surface area contributed by atoms with Crippen LogP contribution in [0.25, 0.3) is 0 Å². The van der Waals surface area contributed by atoms with Crippen molar-refractivity contribution in [3.63, 3.8) is 0 Å². The minimum absolute atomic E-state index is 0.0378. The summed E-state index contributed by atoms with van der Waals surface area (Å²) in [6, 6.07) is 7.74. The van der Waals surface area contributed by atoms with Gasteiger partial charge in [-0.3, -0.25) is 4.79 Å². The first-order valence-electron chi connectivity index (χ1n) is 5.97. The van der Waals surface area contributed by atoms with Crippen LogP contribution >= 0.6 is 0 Å². The zero-order valence-corrected chi connectivity index (χ0v) is 10.4. The number of hydrogen-bond donors (Lipinski definition) is 0. The lowest BCUT2D eigenvalue weighted by Crippen LogP contribution is -2.32. The van der Waals surface area contributed by atoms with Crippen molar-refractivity contribution in [2.45, 2.75) is 19.2 Å². The first kappa shape index (κ1) is 11.3. The molecular formula is C14H15NO3. The van der Waals surface area contributed by atoms with Gasteiger partial charge in [0.1, 0.15) is 5.75 Å². The third kappa shape index (κ3) is 1.61. The van der Waals surface area contributed by atoms with Crippen LogP contribution in [0.15, 0.2) is 35.9 Å². The number of hydrogen-bond acceptors (Lipinski definition) is 3. The number of nitrogens with zero attached hydrogens (tertiary/aromatic N) is 1. The van der Waals surface area contributed by atoms with Crippen LogP contribution in [-0.2, 0) is 9.53 Å². The molecule has 2 atom stereocenters. The summed E-state index contributed by atoms with van der Waals surface area (Å²) >= 11 is 0. The fourth-order valence-electron chi connectivity index (χ4n) is 2.52. The van der Waals surface area contributed by atoms with E-state index in [1.165, 1.54) is 0 Å². The molecule has 1 saturated heterocycles. The van der Waals surface area contributed by atoms with E-state index in [4.69, 9.17) is 9.47 Å². The summed E-state index contributed by atoms with van der Waals surface area (Å²) in [5.41, 5.74) is 2.06. The Hall–Kier alpha value is -1.81. The minimum Gasteiger partial charge on any atom is -0.497 e. The van der Waals surface area contributed by atoms with E-state index in [1.54, 1.807) is 18.1 Å². The van der Waals surface area contributed by atoms with E-state index in [1.807, 2.05) is 31.2 Å². The highest BCUT2D eigenvalue weighted by Crippen LogP contribution is 2.37. The average Bonchev–Trinajstić information content (AvgIpc) is 2.93. The predicted octanol–water partition coefficient (Wildman–Crippen LogP) is 1.88. The normalized spacial score (nSPS) is 26.2. The molecule has 0 N–H and O–H groups in total. The Morgan fingerprint density at radius 1 is 1.33 bits per heavy atom. The topological polar surface area (TPSA) is 38.8 Å². The van der Waals surface area contributed by atoms with Gasteiger partial charge in [0.2, 0.25) is 5.91 Å². The van der Waals surface area contributed by atoms with Crippen molar-refractivity contribution in [3.8, 4) is 5.75 Å². The van der Waals surface area contributed by atoms with Gasteiger partial charge in [0.15, 0.2) is 6.23 Å². The minimum atomic E-state index is -0.276. The highest BCUT2D eigenvalue weighted by atomic mass is 16.5. The molecule has 1 fully saturated rings. The Kier molecular flexibility index (Phi) is 2.59. The quantitative estimate of drug-likeness (QED) is 0.798. The van der Waals surface area contributed by atoms with Crippen LogP contribution in [0.3, 0.4) is 0 Å². The lowest BCUT2D eigenvalue weighted by atomic mass is 10.1. The van der Waals surface area contributed by atoms with Crippen LogP contribution < -0.4 is 4.74 Å². The second-order valence-electron chi connectivity index (χ2n) is 4.61. The number of benzene rings is 1. The van der Waals surface area contributed by atoms with E-state index in [2.05, 4.69) is 0 Å². The summed E-state index contributed by atoms with van der Waals surface area (Å²) in [5.74, 6) is 0.839. The van der Waals surface area contributed by atoms with Gasteiger partial charge >= 0.3 is 0 Å². The van der Waals surface area contributed by atoms with Crippen molar-refractivity contribution in [2.24, 2.45) is 0 Å². The van der Waals surface area contributed by atoms with Gasteiger partial charge in [0.25, 0.3) is 0 Å². The van der Waals surface area contributed by atoms with Crippen molar-refractivity contribution in [1.29, 1.82) is 0 Å². The number of carbonyl (C=O) groups excluding carboxylic acids is 1. The Morgan fingerprint density at radius 3 is 2.72 bits per heavy atom. The maximum Gasteiger partial charge on any atom is 0.249 e. The number of fused-ring (bicyclic) bond motifs is 1. The first-order chi connectivity index (χ1) is 8.70. The van der Waals surface area contributed by atoms with E-state index in [0.717, 1.165) is 16.9 Å². The Morgan fingerprint density at radius 2 is 2.06 bits per heavy atom. The maximum atomic E-state index is 11.9. The standard InChI is InChI=1S/C14H15NO3/c1-9-7-13(16)15-12(9)8-18-14(15)10-3-5-11(17-2)6-4-10/h3-7,12,14H,8H2,1-2H3/t12-,14-/m1/s1. The van der Waals surface area contributed by atoms with Crippen LogP contribution in [-0.4, -0.2) is 30.6 Å². The number of carbonyl (C=O) groups is 1. The fraction of sp³-hybridized carbons (Fsp3) is 0.357. The Balaban J connectivity index is 1.87. The smallest absolute Gasteiger partial charge is 0.249 e. The highest BCUT2D eigenvalue weighted by molar-refractivity contribution is 5.92. The summed E-state index contributed by atoms with van der Waals surface area (Å²) < 4.78 is 10.9. The number of amides is 1. The summed E-state index contributed by atoms with van der Waals surface area (Å²) in [4.78, 5) is 13.7. The zero-order chi connectivity index (χ0) is 12.7. The van der Waals surface area contributed by atoms with E-state index in [-0.39, 0.29) is 18.2 Å². The van der Waals surface area contributed by atoms with Crippen LogP contribution in [0.1, 0.15) is 18.7 Å². The molecule has 2 aliphatic rings. The van der Waals surface area contributed by atoms with Crippen LogP contribution in [0.4, 0.5) is 0 Å². The first-order valence-corrected chi connectivity index (χ1v) is 5.97. The van der Waals surface area contributed by atoms with Crippen molar-refractivity contribution < 1.29 is 14.3 Å². The van der Waals surface area contributed by atoms with E-state index in [0.29, 0.717) is 6.61 Å². The molecule has 0 aliphatic carbocycles. The summed E-state index contributed by atoms with van der Waals surface area (Å²) in [6.07, 6.45) is 1.42. The molecule has 0 spiro atoms. The van der Waals surface area contributed by atoms with Gasteiger partial charge in [0, 0.05) is 11.6 Å². The van der Waals surface area contributed by atoms with Crippen molar-refractivity contribution >= 4 is 5.91 Å². The average molecular weight is 245 g/mol. The van der Waals surface area contributed by atoms with Gasteiger partial charge in [-0.2, -0.15) is 0 Å². The molecule has 1 aromatic rings. The molecule has 4 heteroatoms.